The van der Waals surface area contributed by atoms with Gasteiger partial charge >= 0.3 is 6.03 Å². The molecule has 2 N–H and O–H groups in total. The van der Waals surface area contributed by atoms with Gasteiger partial charge in [-0.15, -0.1) is 0 Å². The van der Waals surface area contributed by atoms with Gasteiger partial charge in [0.2, 0.25) is 0 Å². The van der Waals surface area contributed by atoms with Gasteiger partial charge in [-0.25, -0.2) is 9.48 Å². The normalized spacial score (nSPS) is 17.0. The van der Waals surface area contributed by atoms with Crippen LogP contribution in [0.2, 0.25) is 0 Å². The zero-order valence-electron chi connectivity index (χ0n) is 14.1. The lowest BCUT2D eigenvalue weighted by atomic mass is 9.87. The number of carbonyl (C=O) groups excluding carboxylic acids is 1. The first-order chi connectivity index (χ1) is 10.5. The third kappa shape index (κ3) is 4.00. The predicted octanol–water partition coefficient (Wildman–Crippen LogP) is 3.10. The number of nitrogens with one attached hydrogen (secondary N) is 2. The van der Waals surface area contributed by atoms with E-state index in [4.69, 9.17) is 4.74 Å². The lowest BCUT2D eigenvalue weighted by Crippen LogP contribution is -2.41. The SMILES string of the molecule is COCC1(CNC(=O)Nc2cc(C)nn2C(C)C)CCCC1. The summed E-state index contributed by atoms with van der Waals surface area (Å²) in [5.41, 5.74) is 0.996. The number of methoxy groups -OCH3 is 1. The summed E-state index contributed by atoms with van der Waals surface area (Å²) in [5, 5.41) is 10.3. The topological polar surface area (TPSA) is 68.2 Å². The number of anilines is 1. The monoisotopic (exact) mass is 308 g/mol. The van der Waals surface area contributed by atoms with Gasteiger partial charge in [0, 0.05) is 31.2 Å². The first-order valence-electron chi connectivity index (χ1n) is 8.06. The van der Waals surface area contributed by atoms with Gasteiger partial charge in [-0.3, -0.25) is 5.32 Å². The number of carbonyl (C=O) groups is 1. The van der Waals surface area contributed by atoms with Crippen LogP contribution in [0.4, 0.5) is 10.6 Å². The van der Waals surface area contributed by atoms with E-state index in [1.807, 2.05) is 31.5 Å². The summed E-state index contributed by atoms with van der Waals surface area (Å²) in [5.74, 6) is 0.734. The van der Waals surface area contributed by atoms with Crippen LogP contribution in [0.25, 0.3) is 0 Å². The summed E-state index contributed by atoms with van der Waals surface area (Å²) in [6.45, 7) is 7.37. The van der Waals surface area contributed by atoms with Gasteiger partial charge in [0.05, 0.1) is 12.3 Å². The second-order valence-corrected chi connectivity index (χ2v) is 6.66. The Balaban J connectivity index is 1.93. The zero-order chi connectivity index (χ0) is 16.2. The third-order valence-electron chi connectivity index (χ3n) is 4.33. The maximum absolute atomic E-state index is 12.2. The van der Waals surface area contributed by atoms with E-state index in [-0.39, 0.29) is 17.5 Å². The number of hydrogen-bond acceptors (Lipinski definition) is 3. The lowest BCUT2D eigenvalue weighted by Gasteiger charge is -2.28. The van der Waals surface area contributed by atoms with Crippen LogP contribution >= 0.6 is 0 Å². The van der Waals surface area contributed by atoms with Crippen LogP contribution in [0.15, 0.2) is 6.07 Å². The molecule has 0 bridgehead atoms. The molecular weight excluding hydrogens is 280 g/mol. The van der Waals surface area contributed by atoms with Gasteiger partial charge in [-0.05, 0) is 33.6 Å². The molecule has 1 aromatic rings. The molecule has 22 heavy (non-hydrogen) atoms. The fraction of sp³-hybridized carbons (Fsp3) is 0.750. The summed E-state index contributed by atoms with van der Waals surface area (Å²) in [6, 6.07) is 1.92. The molecule has 1 saturated carbocycles. The Morgan fingerprint density at radius 2 is 2.14 bits per heavy atom. The summed E-state index contributed by atoms with van der Waals surface area (Å²) >= 11 is 0. The number of aromatic nitrogens is 2. The van der Waals surface area contributed by atoms with E-state index >= 15 is 0 Å². The van der Waals surface area contributed by atoms with E-state index in [2.05, 4.69) is 15.7 Å². The summed E-state index contributed by atoms with van der Waals surface area (Å²) in [7, 11) is 1.73. The lowest BCUT2D eigenvalue weighted by molar-refractivity contribution is 0.0846. The molecule has 0 spiro atoms. The van der Waals surface area contributed by atoms with Crippen molar-refractivity contribution < 1.29 is 9.53 Å². The molecule has 0 radical (unpaired) electrons. The Morgan fingerprint density at radius 3 is 2.73 bits per heavy atom. The molecule has 1 fully saturated rings. The van der Waals surface area contributed by atoms with Crippen LogP contribution in [0.1, 0.15) is 51.3 Å². The highest BCUT2D eigenvalue weighted by atomic mass is 16.5. The van der Waals surface area contributed by atoms with Crippen molar-refractivity contribution in [2.75, 3.05) is 25.6 Å². The molecule has 0 saturated heterocycles. The Kier molecular flexibility index (Phi) is 5.45. The fourth-order valence-corrected chi connectivity index (χ4v) is 3.24. The molecule has 0 aliphatic heterocycles. The molecule has 124 valence electrons. The van der Waals surface area contributed by atoms with Crippen molar-refractivity contribution in [2.24, 2.45) is 5.41 Å². The highest BCUT2D eigenvalue weighted by Crippen LogP contribution is 2.37. The van der Waals surface area contributed by atoms with Crippen molar-refractivity contribution in [2.45, 2.75) is 52.5 Å². The van der Waals surface area contributed by atoms with Crippen molar-refractivity contribution in [3.8, 4) is 0 Å². The molecule has 2 rings (SSSR count). The van der Waals surface area contributed by atoms with Gasteiger partial charge in [-0.1, -0.05) is 12.8 Å². The minimum atomic E-state index is -0.177. The molecule has 0 atom stereocenters. The van der Waals surface area contributed by atoms with E-state index in [1.54, 1.807) is 7.11 Å². The highest BCUT2D eigenvalue weighted by Gasteiger charge is 2.34. The van der Waals surface area contributed by atoms with Crippen molar-refractivity contribution in [1.29, 1.82) is 0 Å². The van der Waals surface area contributed by atoms with E-state index in [0.29, 0.717) is 13.2 Å². The van der Waals surface area contributed by atoms with Crippen molar-refractivity contribution >= 4 is 11.8 Å². The van der Waals surface area contributed by atoms with E-state index < -0.39 is 0 Å². The Bertz CT molecular complexity index is 504. The maximum atomic E-state index is 12.2. The molecule has 2 amide bonds. The standard InChI is InChI=1S/C16H28N4O2/c1-12(2)20-14(9-13(3)19-20)18-15(21)17-10-16(11-22-4)7-5-6-8-16/h9,12H,5-8,10-11H2,1-4H3,(H2,17,18,21). The molecule has 6 heteroatoms. The van der Waals surface area contributed by atoms with Gasteiger partial charge < -0.3 is 10.1 Å². The zero-order valence-corrected chi connectivity index (χ0v) is 14.1. The van der Waals surface area contributed by atoms with Crippen molar-refractivity contribution in [3.63, 3.8) is 0 Å². The summed E-state index contributed by atoms with van der Waals surface area (Å²) < 4.78 is 7.18. The number of urea groups is 1. The molecule has 1 aliphatic rings. The Morgan fingerprint density at radius 1 is 1.45 bits per heavy atom. The molecule has 0 aromatic carbocycles. The predicted molar refractivity (Wildman–Crippen MR) is 87.1 cm³/mol. The average molecular weight is 308 g/mol. The molecule has 1 aromatic heterocycles. The Labute approximate surface area is 132 Å². The van der Waals surface area contributed by atoms with Crippen LogP contribution in [0.3, 0.4) is 0 Å². The fourth-order valence-electron chi connectivity index (χ4n) is 3.24. The first-order valence-corrected chi connectivity index (χ1v) is 8.06. The van der Waals surface area contributed by atoms with Gasteiger partial charge in [0.1, 0.15) is 5.82 Å². The van der Waals surface area contributed by atoms with Gasteiger partial charge in [0.15, 0.2) is 0 Å². The first kappa shape index (κ1) is 16.8. The van der Waals surface area contributed by atoms with Crippen molar-refractivity contribution in [1.82, 2.24) is 15.1 Å². The summed E-state index contributed by atoms with van der Waals surface area (Å²) in [6.07, 6.45) is 4.66. The Hall–Kier alpha value is -1.56. The number of hydrogen-bond donors (Lipinski definition) is 2. The second-order valence-electron chi connectivity index (χ2n) is 6.66. The largest absolute Gasteiger partial charge is 0.384 e. The second kappa shape index (κ2) is 7.13. The van der Waals surface area contributed by atoms with Crippen LogP contribution < -0.4 is 10.6 Å². The van der Waals surface area contributed by atoms with Crippen LogP contribution in [0, 0.1) is 12.3 Å². The van der Waals surface area contributed by atoms with Crippen LogP contribution in [0.5, 0.6) is 0 Å². The molecule has 0 unspecified atom stereocenters. The van der Waals surface area contributed by atoms with E-state index in [0.717, 1.165) is 24.4 Å². The molecule has 1 aliphatic carbocycles. The average Bonchev–Trinajstić information content (AvgIpc) is 3.05. The van der Waals surface area contributed by atoms with Crippen LogP contribution in [-0.2, 0) is 4.74 Å². The van der Waals surface area contributed by atoms with Gasteiger partial charge in [0.25, 0.3) is 0 Å². The quantitative estimate of drug-likeness (QED) is 0.848. The molecule has 6 nitrogen and oxygen atoms in total. The number of amides is 2. The van der Waals surface area contributed by atoms with E-state index in [1.165, 1.54) is 12.8 Å². The maximum Gasteiger partial charge on any atom is 0.320 e. The highest BCUT2D eigenvalue weighted by molar-refractivity contribution is 5.88. The van der Waals surface area contributed by atoms with Crippen LogP contribution in [-0.4, -0.2) is 36.1 Å². The third-order valence-corrected chi connectivity index (χ3v) is 4.33. The number of aryl methyl sites for hydroxylation is 1. The van der Waals surface area contributed by atoms with E-state index in [9.17, 15) is 4.79 Å². The van der Waals surface area contributed by atoms with Gasteiger partial charge in [-0.2, -0.15) is 5.10 Å². The minimum Gasteiger partial charge on any atom is -0.384 e. The minimum absolute atomic E-state index is 0.0975. The summed E-state index contributed by atoms with van der Waals surface area (Å²) in [4.78, 5) is 12.2. The smallest absolute Gasteiger partial charge is 0.320 e. The van der Waals surface area contributed by atoms with Crippen molar-refractivity contribution in [3.05, 3.63) is 11.8 Å². The molecule has 1 heterocycles. The number of rotatable bonds is 6. The number of nitrogens with zero attached hydrogens (tertiary/aromatic N) is 2. The molecular formula is C16H28N4O2. The number of ether oxygens (including phenoxy) is 1.